The van der Waals surface area contributed by atoms with Gasteiger partial charge in [0.05, 0.1) is 31.0 Å². The first-order valence-corrected chi connectivity index (χ1v) is 15.7. The molecule has 0 heterocycles. The Hall–Kier alpha value is 0.280. The summed E-state index contributed by atoms with van der Waals surface area (Å²) in [5, 5.41) is 8.95. The lowest BCUT2D eigenvalue weighted by Gasteiger charge is -2.33. The van der Waals surface area contributed by atoms with Crippen LogP contribution in [0.4, 0.5) is 8.63 Å². The van der Waals surface area contributed by atoms with Gasteiger partial charge in [-0.05, 0) is 38.9 Å². The summed E-state index contributed by atoms with van der Waals surface area (Å²) in [7, 11) is -16.2. The second kappa shape index (κ2) is 15.8. The maximum atomic E-state index is 13.3. The first-order valence-electron chi connectivity index (χ1n) is 11.2. The number of aliphatic hydroxyl groups is 1. The summed E-state index contributed by atoms with van der Waals surface area (Å²) in [6.45, 7) is 3.75. The van der Waals surface area contributed by atoms with Gasteiger partial charge in [-0.1, -0.05) is 13.8 Å². The summed E-state index contributed by atoms with van der Waals surface area (Å²) in [6, 6.07) is 0. The van der Waals surface area contributed by atoms with E-state index in [-0.39, 0.29) is 25.7 Å². The van der Waals surface area contributed by atoms with E-state index < -0.39 is 87.8 Å². The summed E-state index contributed by atoms with van der Waals surface area (Å²) in [5.41, 5.74) is -2.78. The minimum Gasteiger partial charge on any atom is -0.397 e. The van der Waals surface area contributed by atoms with Crippen molar-refractivity contribution in [2.45, 2.75) is 76.2 Å². The normalized spacial score (nSPS) is 20.9. The number of rotatable bonds is 21. The van der Waals surface area contributed by atoms with Crippen molar-refractivity contribution in [2.75, 3.05) is 26.4 Å². The highest BCUT2D eigenvalue weighted by Crippen LogP contribution is 2.52. The quantitative estimate of drug-likeness (QED) is 0.0967. The molecular formula is C16H37B2F2O13P3. The molecule has 0 aromatic heterocycles. The Balaban J connectivity index is 5.04. The number of phosphoric acid groups is 3. The summed E-state index contributed by atoms with van der Waals surface area (Å²) in [4.78, 5) is 37.7. The molecule has 0 saturated heterocycles. The van der Waals surface area contributed by atoms with Gasteiger partial charge in [0.25, 0.3) is 0 Å². The molecule has 0 amide bonds. The standard InChI is InChI=1S/C16H37B2F2O13P3/c1-5-15(3,32-36(27,28)31-12-14(10-21)18-20)7-8-29-35(25,26)33-16(4,6-2)9-13(17-19)11-30-34(22,23)24/h13-14,17-18,21H,5-12H2,1-4H3,(H,25,26)(H,27,28)(H2,22,23,24). The fraction of sp³-hybridized carbons (Fsp3) is 1.00. The highest BCUT2D eigenvalue weighted by molar-refractivity contribution is 7.47. The molecule has 6 unspecified atom stereocenters. The van der Waals surface area contributed by atoms with Gasteiger partial charge in [-0.25, -0.2) is 13.7 Å². The molecule has 0 aliphatic carbocycles. The van der Waals surface area contributed by atoms with Crippen LogP contribution in [0.25, 0.3) is 0 Å². The predicted octanol–water partition coefficient (Wildman–Crippen LogP) is 2.69. The molecule has 0 bridgehead atoms. The molecule has 0 fully saturated rings. The van der Waals surface area contributed by atoms with E-state index in [1.54, 1.807) is 13.8 Å². The van der Waals surface area contributed by atoms with E-state index >= 15 is 0 Å². The molecule has 0 spiro atoms. The molecule has 6 atom stereocenters. The van der Waals surface area contributed by atoms with Crippen LogP contribution in [-0.4, -0.2) is 77.4 Å². The third-order valence-electron chi connectivity index (χ3n) is 5.42. The number of aliphatic hydroxyl groups excluding tert-OH is 1. The number of phosphoric ester groups is 3. The first-order chi connectivity index (χ1) is 16.4. The Morgan fingerprint density at radius 3 is 1.72 bits per heavy atom. The Morgan fingerprint density at radius 2 is 1.28 bits per heavy atom. The van der Waals surface area contributed by atoms with Gasteiger partial charge in [-0.15, -0.1) is 0 Å². The molecule has 13 nitrogen and oxygen atoms in total. The average molecular weight is 590 g/mol. The molecule has 0 radical (unpaired) electrons. The lowest BCUT2D eigenvalue weighted by Crippen LogP contribution is -2.31. The summed E-state index contributed by atoms with van der Waals surface area (Å²) in [6.07, 6.45) is -0.119. The van der Waals surface area contributed by atoms with Gasteiger partial charge in [-0.2, -0.15) is 0 Å². The first kappa shape index (κ1) is 36.3. The van der Waals surface area contributed by atoms with Crippen molar-refractivity contribution >= 4 is 38.6 Å². The van der Waals surface area contributed by atoms with E-state index in [1.807, 2.05) is 0 Å². The largest absolute Gasteiger partial charge is 0.472 e. The molecule has 20 heteroatoms. The predicted molar refractivity (Wildman–Crippen MR) is 129 cm³/mol. The lowest BCUT2D eigenvalue weighted by molar-refractivity contribution is -0.00167. The second-order valence-corrected chi connectivity index (χ2v) is 12.8. The van der Waals surface area contributed by atoms with E-state index in [9.17, 15) is 32.1 Å². The van der Waals surface area contributed by atoms with Crippen molar-refractivity contribution in [3.8, 4) is 0 Å². The average Bonchev–Trinajstić information content (AvgIpc) is 2.75. The van der Waals surface area contributed by atoms with E-state index in [1.165, 1.54) is 13.8 Å². The van der Waals surface area contributed by atoms with Crippen LogP contribution in [0.1, 0.15) is 53.4 Å². The molecule has 0 rings (SSSR count). The van der Waals surface area contributed by atoms with Gasteiger partial charge in [0.2, 0.25) is 0 Å². The smallest absolute Gasteiger partial charge is 0.397 e. The highest BCUT2D eigenvalue weighted by Gasteiger charge is 2.39. The SMILES string of the molecule is CCC(C)(CCOP(=O)(O)OC(C)(CC)CC(BF)COP(=O)(O)O)OP(=O)(O)OCC(BF)CO. The molecule has 0 aromatic rings. The molecule has 36 heavy (non-hydrogen) atoms. The van der Waals surface area contributed by atoms with Crippen LogP contribution in [0.2, 0.25) is 11.6 Å². The van der Waals surface area contributed by atoms with Crippen molar-refractivity contribution in [1.29, 1.82) is 0 Å². The van der Waals surface area contributed by atoms with Gasteiger partial charge in [0, 0.05) is 18.8 Å². The van der Waals surface area contributed by atoms with Crippen molar-refractivity contribution in [2.24, 2.45) is 0 Å². The summed E-state index contributed by atoms with van der Waals surface area (Å²) in [5.74, 6) is -2.04. The van der Waals surface area contributed by atoms with E-state index in [0.29, 0.717) is 0 Å². The van der Waals surface area contributed by atoms with Gasteiger partial charge >= 0.3 is 38.6 Å². The zero-order chi connectivity index (χ0) is 28.3. The molecule has 0 aliphatic rings. The summed E-state index contributed by atoms with van der Waals surface area (Å²) < 4.78 is 85.9. The van der Waals surface area contributed by atoms with Crippen molar-refractivity contribution in [1.82, 2.24) is 0 Å². The van der Waals surface area contributed by atoms with Crippen LogP contribution in [-0.2, 0) is 36.3 Å². The number of hydrogen-bond donors (Lipinski definition) is 5. The minimum absolute atomic E-state index is 0.113. The zero-order valence-corrected chi connectivity index (χ0v) is 23.5. The molecule has 0 aromatic carbocycles. The molecule has 0 aliphatic heterocycles. The van der Waals surface area contributed by atoms with E-state index in [4.69, 9.17) is 33.0 Å². The molecule has 0 saturated carbocycles. The molecule has 214 valence electrons. The van der Waals surface area contributed by atoms with Crippen LogP contribution in [0.3, 0.4) is 0 Å². The zero-order valence-electron chi connectivity index (χ0n) is 20.8. The maximum absolute atomic E-state index is 13.3. The second-order valence-electron chi connectivity index (χ2n) is 8.82. The monoisotopic (exact) mass is 590 g/mol. The third kappa shape index (κ3) is 15.6. The van der Waals surface area contributed by atoms with Gasteiger partial charge in [-0.3, -0.25) is 22.6 Å². The van der Waals surface area contributed by atoms with Crippen LogP contribution in [0.5, 0.6) is 0 Å². The summed E-state index contributed by atoms with van der Waals surface area (Å²) >= 11 is 0. The van der Waals surface area contributed by atoms with Crippen molar-refractivity contribution in [3.05, 3.63) is 0 Å². The van der Waals surface area contributed by atoms with Gasteiger partial charge < -0.3 is 33.3 Å². The number of halogens is 2. The lowest BCUT2D eigenvalue weighted by atomic mass is 9.75. The third-order valence-corrected chi connectivity index (χ3v) is 8.23. The van der Waals surface area contributed by atoms with Crippen LogP contribution in [0, 0.1) is 0 Å². The Morgan fingerprint density at radius 1 is 0.806 bits per heavy atom. The van der Waals surface area contributed by atoms with E-state index in [2.05, 4.69) is 4.52 Å². The Bertz CT molecular complexity index is 790. The van der Waals surface area contributed by atoms with Crippen molar-refractivity contribution in [3.63, 3.8) is 0 Å². The van der Waals surface area contributed by atoms with Gasteiger partial charge in [0.15, 0.2) is 0 Å². The maximum Gasteiger partial charge on any atom is 0.472 e. The fourth-order valence-electron chi connectivity index (χ4n) is 2.84. The molecule has 5 N–H and O–H groups in total. The highest BCUT2D eigenvalue weighted by atomic mass is 31.2. The molecular weight excluding hydrogens is 553 g/mol. The Labute approximate surface area is 211 Å². The van der Waals surface area contributed by atoms with Gasteiger partial charge in [0.1, 0.15) is 0 Å². The van der Waals surface area contributed by atoms with E-state index in [0.717, 1.165) is 0 Å². The van der Waals surface area contributed by atoms with Crippen LogP contribution in [0.15, 0.2) is 0 Å². The topological polar surface area (TPSA) is 199 Å². The van der Waals surface area contributed by atoms with Crippen LogP contribution < -0.4 is 0 Å². The van der Waals surface area contributed by atoms with Crippen molar-refractivity contribution < 1.29 is 69.6 Å². The Kier molecular flexibility index (Phi) is 15.9. The van der Waals surface area contributed by atoms with Crippen LogP contribution >= 0.6 is 23.5 Å². The fourth-order valence-corrected chi connectivity index (χ4v) is 5.61. The number of hydrogen-bond acceptors (Lipinski definition) is 9. The minimum atomic E-state index is -4.83.